The summed E-state index contributed by atoms with van der Waals surface area (Å²) in [5.41, 5.74) is 0.794. The highest BCUT2D eigenvalue weighted by molar-refractivity contribution is 5.91. The van der Waals surface area contributed by atoms with Crippen LogP contribution in [-0.2, 0) is 19.1 Å². The molecule has 0 aromatic carbocycles. The third-order valence-corrected chi connectivity index (χ3v) is 6.29. The molecule has 7 heteroatoms. The lowest BCUT2D eigenvalue weighted by Crippen LogP contribution is -2.37. The molecule has 8 unspecified atom stereocenters. The highest BCUT2D eigenvalue weighted by Gasteiger charge is 2.41. The number of hydrogen-bond donors (Lipinski definition) is 3. The average Bonchev–Trinajstić information content (AvgIpc) is 3.06. The summed E-state index contributed by atoms with van der Waals surface area (Å²) in [6, 6.07) is 0. The smallest absolute Gasteiger partial charge is 0.308 e. The molecule has 2 aliphatic rings. The van der Waals surface area contributed by atoms with Crippen molar-refractivity contribution in [2.75, 3.05) is 6.61 Å². The van der Waals surface area contributed by atoms with E-state index in [1.165, 1.54) is 6.08 Å². The van der Waals surface area contributed by atoms with Crippen molar-refractivity contribution in [1.82, 2.24) is 0 Å². The van der Waals surface area contributed by atoms with E-state index in [0.717, 1.165) is 5.57 Å². The SMILES string of the molecule is CCC1OC(=O)CC(O)C(C)C2OC(O)CC2CC(C)C(=O)C=CC(C)=CC1CO. The lowest BCUT2D eigenvalue weighted by atomic mass is 9.81. The fourth-order valence-electron chi connectivity index (χ4n) is 4.41. The van der Waals surface area contributed by atoms with E-state index in [1.807, 2.05) is 20.8 Å². The molecule has 0 aromatic rings. The number of rotatable bonds is 2. The first kappa shape index (κ1) is 24.7. The van der Waals surface area contributed by atoms with Gasteiger partial charge in [0, 0.05) is 24.2 Å². The zero-order valence-electron chi connectivity index (χ0n) is 18.4. The van der Waals surface area contributed by atoms with Crippen molar-refractivity contribution in [1.29, 1.82) is 0 Å². The second-order valence-electron chi connectivity index (χ2n) is 8.75. The standard InChI is InChI=1S/C23H36O7/c1-5-20-17(12-24)8-13(2)6-7-18(25)14(3)9-16-10-21(27)30-23(16)15(4)19(26)11-22(28)29-20/h6-8,14-17,19-21,23-24,26-27H,5,9-12H2,1-4H3. The van der Waals surface area contributed by atoms with Crippen LogP contribution in [0.3, 0.4) is 0 Å². The number of allylic oxidation sites excluding steroid dienone is 3. The van der Waals surface area contributed by atoms with E-state index in [1.54, 1.807) is 19.1 Å². The van der Waals surface area contributed by atoms with Gasteiger partial charge in [-0.3, -0.25) is 9.59 Å². The number of aliphatic hydroxyl groups excluding tert-OH is 3. The van der Waals surface area contributed by atoms with Crippen molar-refractivity contribution in [2.45, 2.75) is 78.0 Å². The van der Waals surface area contributed by atoms with Gasteiger partial charge in [0.25, 0.3) is 0 Å². The highest BCUT2D eigenvalue weighted by Crippen LogP contribution is 2.37. The summed E-state index contributed by atoms with van der Waals surface area (Å²) in [6.45, 7) is 7.12. The van der Waals surface area contributed by atoms with Crippen molar-refractivity contribution in [3.63, 3.8) is 0 Å². The molecule has 7 nitrogen and oxygen atoms in total. The highest BCUT2D eigenvalue weighted by atomic mass is 16.6. The number of aliphatic hydroxyl groups is 3. The third kappa shape index (κ3) is 6.48. The molecule has 2 heterocycles. The minimum Gasteiger partial charge on any atom is -0.462 e. The van der Waals surface area contributed by atoms with E-state index in [4.69, 9.17) is 9.47 Å². The van der Waals surface area contributed by atoms with Gasteiger partial charge in [0.2, 0.25) is 0 Å². The summed E-state index contributed by atoms with van der Waals surface area (Å²) < 4.78 is 11.2. The number of fused-ring (bicyclic) bond motifs is 1. The van der Waals surface area contributed by atoms with E-state index < -0.39 is 42.4 Å². The fourth-order valence-corrected chi connectivity index (χ4v) is 4.41. The van der Waals surface area contributed by atoms with Gasteiger partial charge in [0.1, 0.15) is 6.10 Å². The number of esters is 1. The van der Waals surface area contributed by atoms with Crippen LogP contribution < -0.4 is 0 Å². The van der Waals surface area contributed by atoms with Crippen LogP contribution in [0.25, 0.3) is 0 Å². The second kappa shape index (κ2) is 11.2. The molecule has 1 fully saturated rings. The molecule has 1 saturated heterocycles. The molecule has 0 aromatic heterocycles. The Kier molecular flexibility index (Phi) is 9.22. The maximum Gasteiger partial charge on any atom is 0.308 e. The normalized spacial score (nSPS) is 39.4. The van der Waals surface area contributed by atoms with Crippen LogP contribution in [0.4, 0.5) is 0 Å². The summed E-state index contributed by atoms with van der Waals surface area (Å²) in [5, 5.41) is 30.4. The lowest BCUT2D eigenvalue weighted by Gasteiger charge is -2.30. The first-order chi connectivity index (χ1) is 14.2. The molecule has 0 radical (unpaired) electrons. The number of ether oxygens (including phenoxy) is 2. The topological polar surface area (TPSA) is 113 Å². The molecule has 30 heavy (non-hydrogen) atoms. The first-order valence-corrected chi connectivity index (χ1v) is 10.9. The van der Waals surface area contributed by atoms with Crippen molar-refractivity contribution < 1.29 is 34.4 Å². The van der Waals surface area contributed by atoms with E-state index >= 15 is 0 Å². The predicted octanol–water partition coefficient (Wildman–Crippen LogP) is 2.14. The van der Waals surface area contributed by atoms with Crippen LogP contribution in [0.15, 0.2) is 23.8 Å². The molecule has 0 aliphatic carbocycles. The number of carbonyl (C=O) groups is 2. The summed E-state index contributed by atoms with van der Waals surface area (Å²) in [6.07, 6.45) is 3.33. The molecular formula is C23H36O7. The van der Waals surface area contributed by atoms with Gasteiger partial charge in [-0.2, -0.15) is 0 Å². The van der Waals surface area contributed by atoms with Crippen LogP contribution in [0.1, 0.15) is 53.4 Å². The third-order valence-electron chi connectivity index (χ3n) is 6.29. The molecule has 2 aliphatic heterocycles. The van der Waals surface area contributed by atoms with Crippen molar-refractivity contribution in [3.8, 4) is 0 Å². The molecular weight excluding hydrogens is 388 g/mol. The molecule has 0 spiro atoms. The Hall–Kier alpha value is -1.54. The number of hydrogen-bond acceptors (Lipinski definition) is 7. The van der Waals surface area contributed by atoms with Crippen molar-refractivity contribution in [3.05, 3.63) is 23.8 Å². The van der Waals surface area contributed by atoms with Crippen LogP contribution in [0, 0.1) is 23.7 Å². The Labute approximate surface area is 178 Å². The van der Waals surface area contributed by atoms with Crippen LogP contribution in [0.5, 0.6) is 0 Å². The second-order valence-corrected chi connectivity index (χ2v) is 8.75. The monoisotopic (exact) mass is 424 g/mol. The van der Waals surface area contributed by atoms with Crippen LogP contribution >= 0.6 is 0 Å². The van der Waals surface area contributed by atoms with Gasteiger partial charge in [-0.25, -0.2) is 0 Å². The number of carbonyl (C=O) groups excluding carboxylic acids is 2. The van der Waals surface area contributed by atoms with E-state index in [0.29, 0.717) is 19.3 Å². The predicted molar refractivity (Wildman–Crippen MR) is 111 cm³/mol. The maximum absolute atomic E-state index is 12.6. The molecule has 3 N–H and O–H groups in total. The Balaban J connectivity index is 2.33. The number of cyclic esters (lactones) is 1. The Morgan fingerprint density at radius 3 is 2.47 bits per heavy atom. The minimum atomic E-state index is -1.00. The fraction of sp³-hybridized carbons (Fsp3) is 0.739. The van der Waals surface area contributed by atoms with Crippen LogP contribution in [-0.4, -0.2) is 58.3 Å². The summed E-state index contributed by atoms with van der Waals surface area (Å²) in [7, 11) is 0. The molecule has 0 amide bonds. The van der Waals surface area contributed by atoms with Crippen molar-refractivity contribution in [2.24, 2.45) is 23.7 Å². The molecule has 0 bridgehead atoms. The molecule has 170 valence electrons. The largest absolute Gasteiger partial charge is 0.462 e. The molecule has 2 rings (SSSR count). The Morgan fingerprint density at radius 2 is 1.83 bits per heavy atom. The zero-order chi connectivity index (χ0) is 22.4. The lowest BCUT2D eigenvalue weighted by molar-refractivity contribution is -0.157. The molecule has 0 saturated carbocycles. The van der Waals surface area contributed by atoms with Crippen LogP contribution in [0.2, 0.25) is 0 Å². The summed E-state index contributed by atoms with van der Waals surface area (Å²) in [4.78, 5) is 25.1. The minimum absolute atomic E-state index is 0.0257. The summed E-state index contributed by atoms with van der Waals surface area (Å²) in [5.74, 6) is -1.75. The van der Waals surface area contributed by atoms with E-state index in [2.05, 4.69) is 0 Å². The van der Waals surface area contributed by atoms with E-state index in [9.17, 15) is 24.9 Å². The Bertz CT molecular complexity index is 656. The van der Waals surface area contributed by atoms with Crippen molar-refractivity contribution >= 4 is 11.8 Å². The van der Waals surface area contributed by atoms with Gasteiger partial charge in [-0.1, -0.05) is 38.5 Å². The molecule has 8 atom stereocenters. The first-order valence-electron chi connectivity index (χ1n) is 10.9. The van der Waals surface area contributed by atoms with Gasteiger partial charge in [0.05, 0.1) is 25.2 Å². The maximum atomic E-state index is 12.6. The van der Waals surface area contributed by atoms with Gasteiger partial charge in [0.15, 0.2) is 12.1 Å². The van der Waals surface area contributed by atoms with Gasteiger partial charge in [-0.05, 0) is 31.8 Å². The van der Waals surface area contributed by atoms with E-state index in [-0.39, 0.29) is 30.6 Å². The van der Waals surface area contributed by atoms with Gasteiger partial charge in [-0.15, -0.1) is 0 Å². The van der Waals surface area contributed by atoms with Gasteiger partial charge < -0.3 is 24.8 Å². The summed E-state index contributed by atoms with van der Waals surface area (Å²) >= 11 is 0. The Morgan fingerprint density at radius 1 is 1.13 bits per heavy atom. The number of ketones is 1. The quantitative estimate of drug-likeness (QED) is 0.582. The van der Waals surface area contributed by atoms with Gasteiger partial charge >= 0.3 is 5.97 Å². The average molecular weight is 425 g/mol. The zero-order valence-corrected chi connectivity index (χ0v) is 18.4.